The number of hydrogen-bond acceptors (Lipinski definition) is 5. The lowest BCUT2D eigenvalue weighted by atomic mass is 9.92. The van der Waals surface area contributed by atoms with Crippen LogP contribution >= 0.6 is 23.7 Å². The fraction of sp³-hybridized carbons (Fsp3) is 0.789. The molecule has 0 unspecified atom stereocenters. The lowest BCUT2D eigenvalue weighted by Gasteiger charge is -2.37. The summed E-state index contributed by atoms with van der Waals surface area (Å²) < 4.78 is 0. The fourth-order valence-electron chi connectivity index (χ4n) is 3.69. The molecule has 2 aliphatic heterocycles. The molecular formula is C19H33ClN4OS. The van der Waals surface area contributed by atoms with Crippen molar-refractivity contribution >= 4 is 29.7 Å². The van der Waals surface area contributed by atoms with Crippen molar-refractivity contribution in [1.82, 2.24) is 20.1 Å². The average Bonchev–Trinajstić information content (AvgIpc) is 3.04. The molecule has 0 radical (unpaired) electrons. The Morgan fingerprint density at radius 1 is 1.31 bits per heavy atom. The minimum Gasteiger partial charge on any atom is -0.340 e. The summed E-state index contributed by atoms with van der Waals surface area (Å²) in [6.45, 7) is 14.3. The van der Waals surface area contributed by atoms with Crippen LogP contribution in [0.3, 0.4) is 0 Å². The van der Waals surface area contributed by atoms with Gasteiger partial charge in [-0.05, 0) is 26.3 Å². The molecule has 148 valence electrons. The van der Waals surface area contributed by atoms with E-state index >= 15 is 0 Å². The van der Waals surface area contributed by atoms with E-state index in [1.807, 2.05) is 0 Å². The van der Waals surface area contributed by atoms with E-state index in [1.54, 1.807) is 11.3 Å². The number of halogens is 1. The highest BCUT2D eigenvalue weighted by atomic mass is 35.5. The van der Waals surface area contributed by atoms with Crippen LogP contribution in [-0.4, -0.2) is 59.5 Å². The van der Waals surface area contributed by atoms with Gasteiger partial charge in [0.2, 0.25) is 5.91 Å². The van der Waals surface area contributed by atoms with Gasteiger partial charge in [-0.3, -0.25) is 9.69 Å². The lowest BCUT2D eigenvalue weighted by molar-refractivity contribution is -0.138. The third-order valence-electron chi connectivity index (χ3n) is 5.24. The number of carbonyl (C=O) groups is 1. The molecule has 1 N–H and O–H groups in total. The predicted molar refractivity (Wildman–Crippen MR) is 110 cm³/mol. The van der Waals surface area contributed by atoms with Crippen LogP contribution in [0.15, 0.2) is 5.38 Å². The molecule has 1 aromatic heterocycles. The summed E-state index contributed by atoms with van der Waals surface area (Å²) in [6.07, 6.45) is 1.96. The Kier molecular flexibility index (Phi) is 7.48. The number of piperidine rings is 1. The van der Waals surface area contributed by atoms with Crippen LogP contribution in [0.5, 0.6) is 0 Å². The standard InChI is InChI=1S/C19H32N4OS.ClH/c1-14-11-15(5-6-20-14)17(24)23-9-7-22(8-10-23)12-16-13-25-18(21-16)19(2,3)4;/h13-15,20H,5-12H2,1-4H3;1H/t14-,15-;/m0./s1. The smallest absolute Gasteiger partial charge is 0.225 e. The van der Waals surface area contributed by atoms with E-state index in [9.17, 15) is 4.79 Å². The zero-order chi connectivity index (χ0) is 18.0. The van der Waals surface area contributed by atoms with E-state index < -0.39 is 0 Å². The van der Waals surface area contributed by atoms with Crippen molar-refractivity contribution in [2.24, 2.45) is 5.92 Å². The van der Waals surface area contributed by atoms with E-state index in [2.05, 4.69) is 48.2 Å². The van der Waals surface area contributed by atoms with Gasteiger partial charge in [0.15, 0.2) is 0 Å². The fourth-order valence-corrected chi connectivity index (χ4v) is 4.59. The van der Waals surface area contributed by atoms with E-state index in [-0.39, 0.29) is 23.7 Å². The van der Waals surface area contributed by atoms with E-state index in [0.29, 0.717) is 11.9 Å². The van der Waals surface area contributed by atoms with Gasteiger partial charge in [-0.2, -0.15) is 0 Å². The largest absolute Gasteiger partial charge is 0.340 e. The Morgan fingerprint density at radius 3 is 2.58 bits per heavy atom. The Balaban J connectivity index is 0.00000243. The van der Waals surface area contributed by atoms with Crippen LogP contribution in [0.25, 0.3) is 0 Å². The van der Waals surface area contributed by atoms with Gasteiger partial charge in [0.05, 0.1) is 10.7 Å². The second-order valence-corrected chi connectivity index (χ2v) is 9.43. The van der Waals surface area contributed by atoms with Gasteiger partial charge in [-0.15, -0.1) is 23.7 Å². The molecule has 3 rings (SSSR count). The molecular weight excluding hydrogens is 368 g/mol. The van der Waals surface area contributed by atoms with Gasteiger partial charge in [-0.25, -0.2) is 4.98 Å². The first-order chi connectivity index (χ1) is 11.8. The Hall–Kier alpha value is -0.690. The topological polar surface area (TPSA) is 48.5 Å². The maximum absolute atomic E-state index is 12.7. The molecule has 0 aliphatic carbocycles. The van der Waals surface area contributed by atoms with Gasteiger partial charge < -0.3 is 10.2 Å². The second-order valence-electron chi connectivity index (χ2n) is 8.57. The molecule has 2 atom stereocenters. The molecule has 2 fully saturated rings. The minimum atomic E-state index is 0. The first-order valence-electron chi connectivity index (χ1n) is 9.52. The maximum Gasteiger partial charge on any atom is 0.225 e. The molecule has 0 bridgehead atoms. The number of nitrogens with zero attached hydrogens (tertiary/aromatic N) is 3. The molecule has 0 aromatic carbocycles. The van der Waals surface area contributed by atoms with Crippen molar-refractivity contribution in [3.8, 4) is 0 Å². The molecule has 0 saturated carbocycles. The molecule has 0 spiro atoms. The average molecular weight is 401 g/mol. The van der Waals surface area contributed by atoms with Gasteiger partial charge in [-0.1, -0.05) is 20.8 Å². The summed E-state index contributed by atoms with van der Waals surface area (Å²) in [4.78, 5) is 22.1. The summed E-state index contributed by atoms with van der Waals surface area (Å²) in [5.74, 6) is 0.590. The van der Waals surface area contributed by atoms with Crippen LogP contribution in [0.4, 0.5) is 0 Å². The number of rotatable bonds is 3. The third-order valence-corrected chi connectivity index (χ3v) is 6.55. The number of piperazine rings is 1. The summed E-state index contributed by atoms with van der Waals surface area (Å²) in [5.41, 5.74) is 1.29. The van der Waals surface area contributed by atoms with E-state index in [1.165, 1.54) is 10.7 Å². The van der Waals surface area contributed by atoms with Gasteiger partial charge in [0, 0.05) is 55.5 Å². The Morgan fingerprint density at radius 2 is 2.00 bits per heavy atom. The zero-order valence-corrected chi connectivity index (χ0v) is 18.1. The van der Waals surface area contributed by atoms with Gasteiger partial charge in [0.25, 0.3) is 0 Å². The van der Waals surface area contributed by atoms with Crippen molar-refractivity contribution in [3.05, 3.63) is 16.1 Å². The Bertz CT molecular complexity index is 593. The van der Waals surface area contributed by atoms with Gasteiger partial charge >= 0.3 is 0 Å². The molecule has 7 heteroatoms. The van der Waals surface area contributed by atoms with Crippen molar-refractivity contribution in [1.29, 1.82) is 0 Å². The first kappa shape index (κ1) is 21.6. The highest BCUT2D eigenvalue weighted by molar-refractivity contribution is 7.09. The van der Waals surface area contributed by atoms with E-state index in [4.69, 9.17) is 4.98 Å². The molecule has 2 aliphatic rings. The van der Waals surface area contributed by atoms with Crippen LogP contribution in [0.1, 0.15) is 51.2 Å². The molecule has 26 heavy (non-hydrogen) atoms. The van der Waals surface area contributed by atoms with Crippen LogP contribution in [0.2, 0.25) is 0 Å². The highest BCUT2D eigenvalue weighted by Crippen LogP contribution is 2.26. The number of thiazole rings is 1. The molecule has 1 amide bonds. The summed E-state index contributed by atoms with van der Waals surface area (Å²) in [7, 11) is 0. The monoisotopic (exact) mass is 400 g/mol. The molecule has 5 nitrogen and oxygen atoms in total. The van der Waals surface area contributed by atoms with Crippen molar-refractivity contribution < 1.29 is 4.79 Å². The summed E-state index contributed by atoms with van der Waals surface area (Å²) in [5, 5.41) is 6.83. The van der Waals surface area contributed by atoms with Gasteiger partial charge in [0.1, 0.15) is 0 Å². The Labute approximate surface area is 168 Å². The SMILES string of the molecule is C[C@H]1C[C@@H](C(=O)N2CCN(Cc3csc(C(C)(C)C)n3)CC2)CCN1.Cl. The second kappa shape index (κ2) is 9.00. The maximum atomic E-state index is 12.7. The molecule has 3 heterocycles. The molecule has 1 aromatic rings. The highest BCUT2D eigenvalue weighted by Gasteiger charge is 2.30. The number of aromatic nitrogens is 1. The third kappa shape index (κ3) is 5.41. The predicted octanol–water partition coefficient (Wildman–Crippen LogP) is 2.89. The zero-order valence-electron chi connectivity index (χ0n) is 16.5. The minimum absolute atomic E-state index is 0. The normalized spacial score (nSPS) is 25.0. The number of amides is 1. The summed E-state index contributed by atoms with van der Waals surface area (Å²) in [6, 6.07) is 0.464. The number of carbonyl (C=O) groups excluding carboxylic acids is 1. The van der Waals surface area contributed by atoms with Crippen molar-refractivity contribution in [2.45, 2.75) is 58.5 Å². The lowest BCUT2D eigenvalue weighted by Crippen LogP contribution is -2.51. The van der Waals surface area contributed by atoms with E-state index in [0.717, 1.165) is 52.1 Å². The summed E-state index contributed by atoms with van der Waals surface area (Å²) >= 11 is 1.76. The van der Waals surface area contributed by atoms with Crippen LogP contribution < -0.4 is 5.32 Å². The van der Waals surface area contributed by atoms with Crippen molar-refractivity contribution in [3.63, 3.8) is 0 Å². The quantitative estimate of drug-likeness (QED) is 0.847. The first-order valence-corrected chi connectivity index (χ1v) is 10.4. The number of nitrogens with one attached hydrogen (secondary N) is 1. The van der Waals surface area contributed by atoms with Crippen molar-refractivity contribution in [2.75, 3.05) is 32.7 Å². The number of hydrogen-bond donors (Lipinski definition) is 1. The van der Waals surface area contributed by atoms with Crippen LogP contribution in [0, 0.1) is 5.92 Å². The molecule has 2 saturated heterocycles. The van der Waals surface area contributed by atoms with Crippen LogP contribution in [-0.2, 0) is 16.8 Å².